The summed E-state index contributed by atoms with van der Waals surface area (Å²) in [6.07, 6.45) is 0. The molecule has 1 N–H and O–H groups in total. The summed E-state index contributed by atoms with van der Waals surface area (Å²) >= 11 is 0. The van der Waals surface area contributed by atoms with Crippen LogP contribution in [0.15, 0.2) is 22.6 Å². The van der Waals surface area contributed by atoms with E-state index < -0.39 is 11.6 Å². The molecule has 6 heteroatoms. The van der Waals surface area contributed by atoms with Gasteiger partial charge in [-0.15, -0.1) is 10.2 Å². The predicted molar refractivity (Wildman–Crippen MR) is 52.4 cm³/mol. The fourth-order valence-electron chi connectivity index (χ4n) is 1.27. The minimum absolute atomic E-state index is 0.101. The van der Waals surface area contributed by atoms with Gasteiger partial charge >= 0.3 is 0 Å². The highest BCUT2D eigenvalue weighted by Crippen LogP contribution is 2.20. The Balaban J connectivity index is 2.34. The molecule has 84 valence electrons. The molecule has 0 unspecified atom stereocenters. The van der Waals surface area contributed by atoms with Crippen LogP contribution < -0.4 is 5.32 Å². The minimum Gasteiger partial charge on any atom is -0.419 e. The lowest BCUT2D eigenvalue weighted by atomic mass is 10.2. The molecule has 0 bridgehead atoms. The third kappa shape index (κ3) is 2.22. The van der Waals surface area contributed by atoms with Crippen LogP contribution in [0.3, 0.4) is 0 Å². The number of rotatable bonds is 3. The zero-order valence-electron chi connectivity index (χ0n) is 8.50. The normalized spacial score (nSPS) is 10.7. The third-order valence-corrected chi connectivity index (χ3v) is 1.90. The number of hydrogen-bond donors (Lipinski definition) is 1. The first-order valence-electron chi connectivity index (χ1n) is 4.62. The monoisotopic (exact) mass is 225 g/mol. The van der Waals surface area contributed by atoms with Gasteiger partial charge in [0.1, 0.15) is 11.6 Å². The van der Waals surface area contributed by atoms with E-state index in [4.69, 9.17) is 4.42 Å². The maximum atomic E-state index is 12.9. The van der Waals surface area contributed by atoms with Crippen LogP contribution in [0.25, 0.3) is 11.5 Å². The molecule has 0 aliphatic heterocycles. The quantitative estimate of drug-likeness (QED) is 0.864. The summed E-state index contributed by atoms with van der Waals surface area (Å²) in [6.45, 7) is 0.408. The van der Waals surface area contributed by atoms with Crippen LogP contribution in [0.2, 0.25) is 0 Å². The zero-order valence-corrected chi connectivity index (χ0v) is 8.50. The van der Waals surface area contributed by atoms with E-state index in [-0.39, 0.29) is 11.5 Å². The lowest BCUT2D eigenvalue weighted by molar-refractivity contribution is 0.489. The predicted octanol–water partition coefficient (Wildman–Crippen LogP) is 1.73. The van der Waals surface area contributed by atoms with Crippen molar-refractivity contribution >= 4 is 0 Å². The Labute approximate surface area is 90.3 Å². The summed E-state index contributed by atoms with van der Waals surface area (Å²) < 4.78 is 31.1. The van der Waals surface area contributed by atoms with Crippen molar-refractivity contribution in [1.82, 2.24) is 15.5 Å². The van der Waals surface area contributed by atoms with Crippen LogP contribution in [0, 0.1) is 11.6 Å². The molecule has 1 aromatic heterocycles. The summed E-state index contributed by atoms with van der Waals surface area (Å²) in [5.41, 5.74) is 0.229. The van der Waals surface area contributed by atoms with Crippen molar-refractivity contribution in [1.29, 1.82) is 0 Å². The van der Waals surface area contributed by atoms with Gasteiger partial charge in [-0.1, -0.05) is 0 Å². The second kappa shape index (κ2) is 4.36. The van der Waals surface area contributed by atoms with Crippen molar-refractivity contribution in [2.75, 3.05) is 7.05 Å². The lowest BCUT2D eigenvalue weighted by Gasteiger charge is -1.96. The van der Waals surface area contributed by atoms with Crippen LogP contribution in [-0.2, 0) is 6.54 Å². The standard InChI is InChI=1S/C10H9F2N3O/c1-13-5-9-14-15-10(16-9)6-2-7(11)4-8(12)3-6/h2-4,13H,5H2,1H3. The molecule has 0 spiro atoms. The molecule has 0 radical (unpaired) electrons. The molecule has 0 atom stereocenters. The van der Waals surface area contributed by atoms with Crippen LogP contribution in [0.4, 0.5) is 8.78 Å². The Morgan fingerprint density at radius 3 is 2.50 bits per heavy atom. The van der Waals surface area contributed by atoms with Gasteiger partial charge in [0.2, 0.25) is 11.8 Å². The van der Waals surface area contributed by atoms with Gasteiger partial charge < -0.3 is 9.73 Å². The smallest absolute Gasteiger partial charge is 0.248 e. The Kier molecular flexibility index (Phi) is 2.91. The van der Waals surface area contributed by atoms with E-state index in [0.29, 0.717) is 12.4 Å². The largest absolute Gasteiger partial charge is 0.419 e. The van der Waals surface area contributed by atoms with E-state index in [0.717, 1.165) is 18.2 Å². The Morgan fingerprint density at radius 1 is 1.19 bits per heavy atom. The van der Waals surface area contributed by atoms with Crippen molar-refractivity contribution < 1.29 is 13.2 Å². The Bertz CT molecular complexity index is 478. The molecule has 0 aliphatic carbocycles. The average molecular weight is 225 g/mol. The van der Waals surface area contributed by atoms with Gasteiger partial charge in [-0.2, -0.15) is 0 Å². The summed E-state index contributed by atoms with van der Waals surface area (Å²) in [5, 5.41) is 10.2. The van der Waals surface area contributed by atoms with E-state index in [2.05, 4.69) is 15.5 Å². The fourth-order valence-corrected chi connectivity index (χ4v) is 1.27. The number of nitrogens with one attached hydrogen (secondary N) is 1. The van der Waals surface area contributed by atoms with Crippen LogP contribution in [-0.4, -0.2) is 17.2 Å². The molecule has 2 rings (SSSR count). The molecular weight excluding hydrogens is 216 g/mol. The van der Waals surface area contributed by atoms with E-state index in [9.17, 15) is 8.78 Å². The molecule has 4 nitrogen and oxygen atoms in total. The van der Waals surface area contributed by atoms with Gasteiger partial charge in [-0.25, -0.2) is 8.78 Å². The first-order valence-corrected chi connectivity index (χ1v) is 4.62. The Morgan fingerprint density at radius 2 is 1.88 bits per heavy atom. The highest BCUT2D eigenvalue weighted by Gasteiger charge is 2.10. The molecule has 16 heavy (non-hydrogen) atoms. The second-order valence-electron chi connectivity index (χ2n) is 3.19. The van der Waals surface area contributed by atoms with Gasteiger partial charge in [0, 0.05) is 11.6 Å². The molecule has 0 aliphatic rings. The summed E-state index contributed by atoms with van der Waals surface area (Å²) in [7, 11) is 1.73. The van der Waals surface area contributed by atoms with Crippen LogP contribution in [0.1, 0.15) is 5.89 Å². The highest BCUT2D eigenvalue weighted by molar-refractivity contribution is 5.52. The fraction of sp³-hybridized carbons (Fsp3) is 0.200. The molecule has 0 saturated heterocycles. The van der Waals surface area contributed by atoms with Crippen molar-refractivity contribution in [2.24, 2.45) is 0 Å². The van der Waals surface area contributed by atoms with Gasteiger partial charge in [0.15, 0.2) is 0 Å². The molecule has 1 heterocycles. The number of benzene rings is 1. The zero-order chi connectivity index (χ0) is 11.5. The second-order valence-corrected chi connectivity index (χ2v) is 3.19. The van der Waals surface area contributed by atoms with E-state index in [1.54, 1.807) is 7.05 Å². The average Bonchev–Trinajstić information content (AvgIpc) is 2.65. The van der Waals surface area contributed by atoms with Crippen LogP contribution >= 0.6 is 0 Å². The summed E-state index contributed by atoms with van der Waals surface area (Å²) in [5.74, 6) is -0.891. The van der Waals surface area contributed by atoms with Crippen molar-refractivity contribution in [3.63, 3.8) is 0 Å². The van der Waals surface area contributed by atoms with Crippen LogP contribution in [0.5, 0.6) is 0 Å². The van der Waals surface area contributed by atoms with Gasteiger partial charge in [0.25, 0.3) is 0 Å². The summed E-state index contributed by atoms with van der Waals surface area (Å²) in [6, 6.07) is 3.06. The van der Waals surface area contributed by atoms with E-state index in [1.807, 2.05) is 0 Å². The molecule has 0 fully saturated rings. The molecule has 0 saturated carbocycles. The van der Waals surface area contributed by atoms with Crippen molar-refractivity contribution in [2.45, 2.75) is 6.54 Å². The molecule has 2 aromatic rings. The maximum absolute atomic E-state index is 12.9. The third-order valence-electron chi connectivity index (χ3n) is 1.90. The number of nitrogens with zero attached hydrogens (tertiary/aromatic N) is 2. The molecule has 1 aromatic carbocycles. The minimum atomic E-state index is -0.677. The molecular formula is C10H9F2N3O. The van der Waals surface area contributed by atoms with Gasteiger partial charge in [-0.3, -0.25) is 0 Å². The van der Waals surface area contributed by atoms with Crippen molar-refractivity contribution in [3.8, 4) is 11.5 Å². The first-order chi connectivity index (χ1) is 7.69. The number of halogens is 2. The SMILES string of the molecule is CNCc1nnc(-c2cc(F)cc(F)c2)o1. The van der Waals surface area contributed by atoms with Gasteiger partial charge in [-0.05, 0) is 19.2 Å². The first kappa shape index (κ1) is 10.7. The van der Waals surface area contributed by atoms with E-state index >= 15 is 0 Å². The maximum Gasteiger partial charge on any atom is 0.248 e. The Hall–Kier alpha value is -1.82. The topological polar surface area (TPSA) is 51.0 Å². The number of hydrogen-bond acceptors (Lipinski definition) is 4. The molecule has 0 amide bonds. The van der Waals surface area contributed by atoms with Crippen molar-refractivity contribution in [3.05, 3.63) is 35.7 Å². The summed E-state index contributed by atoms with van der Waals surface area (Å²) in [4.78, 5) is 0. The number of aromatic nitrogens is 2. The highest BCUT2D eigenvalue weighted by atomic mass is 19.1. The van der Waals surface area contributed by atoms with Gasteiger partial charge in [0.05, 0.1) is 6.54 Å². The van der Waals surface area contributed by atoms with E-state index in [1.165, 1.54) is 0 Å². The lowest BCUT2D eigenvalue weighted by Crippen LogP contribution is -2.04.